The van der Waals surface area contributed by atoms with Crippen molar-refractivity contribution in [3.63, 3.8) is 0 Å². The Morgan fingerprint density at radius 2 is 2.27 bits per heavy atom. The quantitative estimate of drug-likeness (QED) is 0.810. The molecule has 15 heavy (non-hydrogen) atoms. The predicted octanol–water partition coefficient (Wildman–Crippen LogP) is 2.26. The average molecular weight is 208 g/mol. The van der Waals surface area contributed by atoms with Gasteiger partial charge in [-0.05, 0) is 37.5 Å². The molecule has 1 aromatic rings. The lowest BCUT2D eigenvalue weighted by Crippen LogP contribution is -2.27. The number of hydrogen-bond donors (Lipinski definition) is 1. The van der Waals surface area contributed by atoms with Gasteiger partial charge in [0.2, 0.25) is 0 Å². The maximum Gasteiger partial charge on any atom is 0.123 e. The summed E-state index contributed by atoms with van der Waals surface area (Å²) in [6, 6.07) is 5.28. The summed E-state index contributed by atoms with van der Waals surface area (Å²) < 4.78 is 11.1. The summed E-state index contributed by atoms with van der Waals surface area (Å²) in [5.74, 6) is 0.977. The third-order valence-corrected chi connectivity index (χ3v) is 2.46. The van der Waals surface area contributed by atoms with Gasteiger partial charge in [0.1, 0.15) is 17.6 Å². The summed E-state index contributed by atoms with van der Waals surface area (Å²) in [6.45, 7) is 3.41. The molecule has 1 aliphatic heterocycles. The fraction of sp³-hybridized carbons (Fsp3) is 0.500. The predicted molar refractivity (Wildman–Crippen MR) is 57.3 cm³/mol. The van der Waals surface area contributed by atoms with Gasteiger partial charge in [-0.1, -0.05) is 0 Å². The lowest BCUT2D eigenvalue weighted by atomic mass is 10.1. The topological polar surface area (TPSA) is 38.7 Å². The second-order valence-corrected chi connectivity index (χ2v) is 3.96. The van der Waals surface area contributed by atoms with Crippen molar-refractivity contribution in [2.45, 2.75) is 25.9 Å². The molecule has 1 heterocycles. The van der Waals surface area contributed by atoms with Crippen molar-refractivity contribution in [2.24, 2.45) is 0 Å². The van der Waals surface area contributed by atoms with Gasteiger partial charge in [-0.3, -0.25) is 0 Å². The minimum atomic E-state index is 0.125. The number of aryl methyl sites for hydroxylation is 1. The molecule has 2 rings (SSSR count). The van der Waals surface area contributed by atoms with Crippen molar-refractivity contribution in [1.82, 2.24) is 0 Å². The lowest BCUT2D eigenvalue weighted by Gasteiger charge is -2.23. The van der Waals surface area contributed by atoms with Crippen LogP contribution in [0.15, 0.2) is 18.2 Å². The van der Waals surface area contributed by atoms with E-state index in [1.807, 2.05) is 13.0 Å². The highest BCUT2D eigenvalue weighted by Crippen LogP contribution is 2.23. The molecule has 1 aromatic carbocycles. The standard InChI is InChI=1S/C12H16O3/c1-9-5-10(13)7-12(6-9)15-11-3-2-4-14-8-11/h5-7,11,13H,2-4,8H2,1H3. The van der Waals surface area contributed by atoms with Crippen LogP contribution in [0.1, 0.15) is 18.4 Å². The Balaban J connectivity index is 2.02. The number of aromatic hydroxyl groups is 1. The zero-order valence-electron chi connectivity index (χ0n) is 8.90. The Kier molecular flexibility index (Phi) is 3.11. The van der Waals surface area contributed by atoms with Crippen LogP contribution in [0.3, 0.4) is 0 Å². The molecule has 82 valence electrons. The van der Waals surface area contributed by atoms with Gasteiger partial charge in [-0.15, -0.1) is 0 Å². The first-order valence-electron chi connectivity index (χ1n) is 5.29. The van der Waals surface area contributed by atoms with Gasteiger partial charge in [0.25, 0.3) is 0 Å². The zero-order valence-corrected chi connectivity index (χ0v) is 8.90. The molecule has 0 aliphatic carbocycles. The van der Waals surface area contributed by atoms with E-state index in [2.05, 4.69) is 0 Å². The number of phenols is 1. The monoisotopic (exact) mass is 208 g/mol. The highest BCUT2D eigenvalue weighted by molar-refractivity contribution is 5.36. The molecular weight excluding hydrogens is 192 g/mol. The van der Waals surface area contributed by atoms with E-state index < -0.39 is 0 Å². The zero-order chi connectivity index (χ0) is 10.7. The number of rotatable bonds is 2. The van der Waals surface area contributed by atoms with E-state index >= 15 is 0 Å². The molecule has 1 N–H and O–H groups in total. The fourth-order valence-electron chi connectivity index (χ4n) is 1.79. The van der Waals surface area contributed by atoms with E-state index in [1.165, 1.54) is 0 Å². The van der Waals surface area contributed by atoms with Gasteiger partial charge in [0.15, 0.2) is 0 Å². The Hall–Kier alpha value is -1.22. The minimum absolute atomic E-state index is 0.125. The van der Waals surface area contributed by atoms with Crippen LogP contribution in [0, 0.1) is 6.92 Å². The van der Waals surface area contributed by atoms with Gasteiger partial charge < -0.3 is 14.6 Å². The summed E-state index contributed by atoms with van der Waals surface area (Å²) in [5, 5.41) is 9.41. The second-order valence-electron chi connectivity index (χ2n) is 3.96. The second kappa shape index (κ2) is 4.53. The number of hydrogen-bond acceptors (Lipinski definition) is 3. The Bertz CT molecular complexity index is 309. The van der Waals surface area contributed by atoms with E-state index in [9.17, 15) is 5.11 Å². The molecule has 1 unspecified atom stereocenters. The lowest BCUT2D eigenvalue weighted by molar-refractivity contribution is 0.00734. The Morgan fingerprint density at radius 1 is 1.40 bits per heavy atom. The molecular formula is C12H16O3. The largest absolute Gasteiger partial charge is 0.508 e. The first kappa shape index (κ1) is 10.3. The van der Waals surface area contributed by atoms with Crippen LogP contribution in [0.2, 0.25) is 0 Å². The van der Waals surface area contributed by atoms with Gasteiger partial charge in [0.05, 0.1) is 6.61 Å². The van der Waals surface area contributed by atoms with Crippen LogP contribution in [-0.4, -0.2) is 24.4 Å². The molecule has 0 spiro atoms. The van der Waals surface area contributed by atoms with Crippen LogP contribution in [0.4, 0.5) is 0 Å². The van der Waals surface area contributed by atoms with Crippen molar-refractivity contribution in [1.29, 1.82) is 0 Å². The summed E-state index contributed by atoms with van der Waals surface area (Å²) in [6.07, 6.45) is 2.19. The Morgan fingerprint density at radius 3 is 2.93 bits per heavy atom. The number of ether oxygens (including phenoxy) is 2. The smallest absolute Gasteiger partial charge is 0.123 e. The Labute approximate surface area is 89.6 Å². The first-order chi connectivity index (χ1) is 7.24. The molecule has 1 atom stereocenters. The summed E-state index contributed by atoms with van der Waals surface area (Å²) >= 11 is 0. The van der Waals surface area contributed by atoms with Crippen LogP contribution < -0.4 is 4.74 Å². The SMILES string of the molecule is Cc1cc(O)cc(OC2CCCOC2)c1. The van der Waals surface area contributed by atoms with Crippen molar-refractivity contribution in [2.75, 3.05) is 13.2 Å². The van der Waals surface area contributed by atoms with E-state index in [-0.39, 0.29) is 11.9 Å². The third-order valence-electron chi connectivity index (χ3n) is 2.46. The molecule has 0 amide bonds. The first-order valence-corrected chi connectivity index (χ1v) is 5.29. The van der Waals surface area contributed by atoms with Gasteiger partial charge in [0, 0.05) is 12.7 Å². The van der Waals surface area contributed by atoms with Crippen LogP contribution >= 0.6 is 0 Å². The van der Waals surface area contributed by atoms with Crippen molar-refractivity contribution in [3.05, 3.63) is 23.8 Å². The van der Waals surface area contributed by atoms with Crippen LogP contribution in [0.5, 0.6) is 11.5 Å². The van der Waals surface area contributed by atoms with Crippen molar-refractivity contribution < 1.29 is 14.6 Å². The van der Waals surface area contributed by atoms with E-state index in [1.54, 1.807) is 12.1 Å². The number of phenolic OH excluding ortho intramolecular Hbond substituents is 1. The minimum Gasteiger partial charge on any atom is -0.508 e. The highest BCUT2D eigenvalue weighted by Gasteiger charge is 2.15. The van der Waals surface area contributed by atoms with E-state index in [0.29, 0.717) is 6.61 Å². The molecule has 0 radical (unpaired) electrons. The maximum absolute atomic E-state index is 9.41. The molecule has 3 nitrogen and oxygen atoms in total. The maximum atomic E-state index is 9.41. The summed E-state index contributed by atoms with van der Waals surface area (Å²) in [4.78, 5) is 0. The summed E-state index contributed by atoms with van der Waals surface area (Å²) in [7, 11) is 0. The van der Waals surface area contributed by atoms with E-state index in [0.717, 1.165) is 30.8 Å². The molecule has 0 aromatic heterocycles. The normalized spacial score (nSPS) is 21.3. The van der Waals surface area contributed by atoms with Crippen LogP contribution in [-0.2, 0) is 4.74 Å². The molecule has 0 bridgehead atoms. The molecule has 0 saturated carbocycles. The van der Waals surface area contributed by atoms with Gasteiger partial charge in [-0.25, -0.2) is 0 Å². The molecule has 1 fully saturated rings. The van der Waals surface area contributed by atoms with Gasteiger partial charge in [-0.2, -0.15) is 0 Å². The fourth-order valence-corrected chi connectivity index (χ4v) is 1.79. The molecule has 1 saturated heterocycles. The molecule has 3 heteroatoms. The molecule has 1 aliphatic rings. The van der Waals surface area contributed by atoms with Crippen molar-refractivity contribution in [3.8, 4) is 11.5 Å². The third kappa shape index (κ3) is 2.86. The van der Waals surface area contributed by atoms with Crippen LogP contribution in [0.25, 0.3) is 0 Å². The highest BCUT2D eigenvalue weighted by atomic mass is 16.5. The average Bonchev–Trinajstić information content (AvgIpc) is 2.17. The van der Waals surface area contributed by atoms with E-state index in [4.69, 9.17) is 9.47 Å². The van der Waals surface area contributed by atoms with Gasteiger partial charge >= 0.3 is 0 Å². The number of benzene rings is 1. The summed E-state index contributed by atoms with van der Waals surface area (Å²) in [5.41, 5.74) is 1.00. The van der Waals surface area contributed by atoms with Crippen molar-refractivity contribution >= 4 is 0 Å².